The maximum Gasteiger partial charge on any atom is 0.0234 e. The number of rotatable bonds is 2. The van der Waals surface area contributed by atoms with E-state index in [2.05, 4.69) is 61.9 Å². The average Bonchev–Trinajstić information content (AvgIpc) is 2.32. The normalized spacial score (nSPS) is 19.1. The van der Waals surface area contributed by atoms with Gasteiger partial charge in [0.25, 0.3) is 0 Å². The van der Waals surface area contributed by atoms with Crippen LogP contribution in [0.4, 0.5) is 0 Å². The van der Waals surface area contributed by atoms with Gasteiger partial charge in [-0.25, -0.2) is 0 Å². The topological polar surface area (TPSA) is 6.48 Å². The summed E-state index contributed by atoms with van der Waals surface area (Å²) in [6.07, 6.45) is 0. The first-order valence-electron chi connectivity index (χ1n) is 6.95. The molecule has 0 amide bonds. The number of likely N-dealkylation sites (N-methyl/N-ethyl adjacent to an activating group) is 1. The highest BCUT2D eigenvalue weighted by atomic mass is 15.2. The summed E-state index contributed by atoms with van der Waals surface area (Å²) in [4.78, 5) is 4.95. The van der Waals surface area contributed by atoms with Gasteiger partial charge in [0.2, 0.25) is 0 Å². The standard InChI is InChI=1S/C16H26N2/c1-16(2,3)15-7-5-14(6-8-15)13-18-11-9-17(4)10-12-18/h5-8H,9-13H2,1-4H3. The van der Waals surface area contributed by atoms with Crippen molar-refractivity contribution in [2.24, 2.45) is 0 Å². The minimum atomic E-state index is 0.256. The predicted molar refractivity (Wildman–Crippen MR) is 77.9 cm³/mol. The van der Waals surface area contributed by atoms with Crippen molar-refractivity contribution in [3.8, 4) is 0 Å². The Morgan fingerprint density at radius 1 is 0.944 bits per heavy atom. The minimum absolute atomic E-state index is 0.256. The molecule has 1 aromatic rings. The first kappa shape index (κ1) is 13.6. The molecule has 1 aliphatic rings. The van der Waals surface area contributed by atoms with Gasteiger partial charge in [-0.15, -0.1) is 0 Å². The molecule has 100 valence electrons. The highest BCUT2D eigenvalue weighted by Gasteiger charge is 2.15. The van der Waals surface area contributed by atoms with Gasteiger partial charge >= 0.3 is 0 Å². The third-order valence-electron chi connectivity index (χ3n) is 3.82. The summed E-state index contributed by atoms with van der Waals surface area (Å²) < 4.78 is 0. The Labute approximate surface area is 112 Å². The maximum absolute atomic E-state index is 2.55. The molecule has 1 saturated heterocycles. The molecule has 1 heterocycles. The van der Waals surface area contributed by atoms with Crippen LogP contribution in [-0.4, -0.2) is 43.0 Å². The molecule has 0 radical (unpaired) electrons. The molecule has 1 aliphatic heterocycles. The summed E-state index contributed by atoms with van der Waals surface area (Å²) in [6.45, 7) is 12.7. The van der Waals surface area contributed by atoms with Crippen LogP contribution in [0.1, 0.15) is 31.9 Å². The van der Waals surface area contributed by atoms with E-state index in [4.69, 9.17) is 0 Å². The Hall–Kier alpha value is -0.860. The van der Waals surface area contributed by atoms with Gasteiger partial charge < -0.3 is 4.90 Å². The molecule has 2 rings (SSSR count). The number of nitrogens with zero attached hydrogens (tertiary/aromatic N) is 2. The third-order valence-corrected chi connectivity index (χ3v) is 3.82. The van der Waals surface area contributed by atoms with Gasteiger partial charge in [0.05, 0.1) is 0 Å². The Morgan fingerprint density at radius 2 is 1.50 bits per heavy atom. The van der Waals surface area contributed by atoms with Crippen molar-refractivity contribution in [3.63, 3.8) is 0 Å². The van der Waals surface area contributed by atoms with E-state index in [1.807, 2.05) is 0 Å². The molecule has 0 bridgehead atoms. The van der Waals surface area contributed by atoms with E-state index in [0.29, 0.717) is 0 Å². The van der Waals surface area contributed by atoms with Crippen LogP contribution in [0, 0.1) is 0 Å². The minimum Gasteiger partial charge on any atom is -0.304 e. The van der Waals surface area contributed by atoms with Crippen LogP contribution in [0.2, 0.25) is 0 Å². The fourth-order valence-electron chi connectivity index (χ4n) is 2.37. The molecule has 0 atom stereocenters. The third kappa shape index (κ3) is 3.56. The van der Waals surface area contributed by atoms with Crippen LogP contribution < -0.4 is 0 Å². The van der Waals surface area contributed by atoms with E-state index < -0.39 is 0 Å². The summed E-state index contributed by atoms with van der Waals surface area (Å²) in [5.41, 5.74) is 3.11. The van der Waals surface area contributed by atoms with Gasteiger partial charge in [-0.05, 0) is 23.6 Å². The fraction of sp³-hybridized carbons (Fsp3) is 0.625. The van der Waals surface area contributed by atoms with E-state index in [1.165, 1.54) is 37.3 Å². The van der Waals surface area contributed by atoms with Crippen molar-refractivity contribution < 1.29 is 0 Å². The van der Waals surface area contributed by atoms with Crippen LogP contribution in [0.25, 0.3) is 0 Å². The second-order valence-electron chi connectivity index (χ2n) is 6.53. The van der Waals surface area contributed by atoms with Crippen molar-refractivity contribution >= 4 is 0 Å². The monoisotopic (exact) mass is 246 g/mol. The highest BCUT2D eigenvalue weighted by Crippen LogP contribution is 2.22. The summed E-state index contributed by atoms with van der Waals surface area (Å²) in [7, 11) is 2.20. The summed E-state index contributed by atoms with van der Waals surface area (Å²) >= 11 is 0. The van der Waals surface area contributed by atoms with Crippen molar-refractivity contribution in [1.29, 1.82) is 0 Å². The lowest BCUT2D eigenvalue weighted by Crippen LogP contribution is -2.43. The number of hydrogen-bond acceptors (Lipinski definition) is 2. The van der Waals surface area contributed by atoms with Crippen LogP contribution in [0.15, 0.2) is 24.3 Å². The zero-order valence-corrected chi connectivity index (χ0v) is 12.2. The van der Waals surface area contributed by atoms with E-state index in [9.17, 15) is 0 Å². The Kier molecular flexibility index (Phi) is 4.08. The van der Waals surface area contributed by atoms with Crippen molar-refractivity contribution in [2.75, 3.05) is 33.2 Å². The Bertz CT molecular complexity index is 367. The zero-order valence-electron chi connectivity index (χ0n) is 12.2. The van der Waals surface area contributed by atoms with Crippen LogP contribution in [0.3, 0.4) is 0 Å². The largest absolute Gasteiger partial charge is 0.304 e. The van der Waals surface area contributed by atoms with E-state index in [0.717, 1.165) is 6.54 Å². The number of benzene rings is 1. The van der Waals surface area contributed by atoms with Gasteiger partial charge in [-0.2, -0.15) is 0 Å². The van der Waals surface area contributed by atoms with Gasteiger partial charge in [-0.3, -0.25) is 4.90 Å². The molecule has 0 N–H and O–H groups in total. The smallest absolute Gasteiger partial charge is 0.0234 e. The SMILES string of the molecule is CN1CCN(Cc2ccc(C(C)(C)C)cc2)CC1. The van der Waals surface area contributed by atoms with Crippen molar-refractivity contribution in [3.05, 3.63) is 35.4 Å². The molecule has 0 aliphatic carbocycles. The molecular formula is C16H26N2. The summed E-state index contributed by atoms with van der Waals surface area (Å²) in [5, 5.41) is 0. The molecule has 18 heavy (non-hydrogen) atoms. The highest BCUT2D eigenvalue weighted by molar-refractivity contribution is 5.27. The zero-order chi connectivity index (χ0) is 13.2. The van der Waals surface area contributed by atoms with Crippen LogP contribution >= 0.6 is 0 Å². The van der Waals surface area contributed by atoms with Crippen molar-refractivity contribution in [2.45, 2.75) is 32.7 Å². The first-order valence-corrected chi connectivity index (χ1v) is 6.95. The molecule has 0 saturated carbocycles. The maximum atomic E-state index is 2.55. The van der Waals surface area contributed by atoms with Crippen LogP contribution in [-0.2, 0) is 12.0 Å². The quantitative estimate of drug-likeness (QED) is 0.791. The summed E-state index contributed by atoms with van der Waals surface area (Å²) in [6, 6.07) is 9.15. The molecule has 0 aromatic heterocycles. The molecular weight excluding hydrogens is 220 g/mol. The van der Waals surface area contributed by atoms with Crippen molar-refractivity contribution in [1.82, 2.24) is 9.80 Å². The van der Waals surface area contributed by atoms with Gasteiger partial charge in [0, 0.05) is 32.7 Å². The predicted octanol–water partition coefficient (Wildman–Crippen LogP) is 2.73. The number of piperazine rings is 1. The molecule has 2 nitrogen and oxygen atoms in total. The molecule has 0 unspecified atom stereocenters. The van der Waals surface area contributed by atoms with Gasteiger partial charge in [0.15, 0.2) is 0 Å². The molecule has 2 heteroatoms. The van der Waals surface area contributed by atoms with Gasteiger partial charge in [-0.1, -0.05) is 45.0 Å². The second kappa shape index (κ2) is 5.41. The Morgan fingerprint density at radius 3 is 2.00 bits per heavy atom. The summed E-state index contributed by atoms with van der Waals surface area (Å²) in [5.74, 6) is 0. The second-order valence-corrected chi connectivity index (χ2v) is 6.53. The lowest BCUT2D eigenvalue weighted by molar-refractivity contribution is 0.148. The Balaban J connectivity index is 1.94. The fourth-order valence-corrected chi connectivity index (χ4v) is 2.37. The van der Waals surface area contributed by atoms with Crippen LogP contribution in [0.5, 0.6) is 0 Å². The molecule has 1 fully saturated rings. The lowest BCUT2D eigenvalue weighted by Gasteiger charge is -2.32. The molecule has 0 spiro atoms. The first-order chi connectivity index (χ1) is 8.45. The van der Waals surface area contributed by atoms with Gasteiger partial charge in [0.1, 0.15) is 0 Å². The van der Waals surface area contributed by atoms with E-state index >= 15 is 0 Å². The lowest BCUT2D eigenvalue weighted by atomic mass is 9.87. The van der Waals surface area contributed by atoms with E-state index in [1.54, 1.807) is 0 Å². The number of hydrogen-bond donors (Lipinski definition) is 0. The average molecular weight is 246 g/mol. The van der Waals surface area contributed by atoms with E-state index in [-0.39, 0.29) is 5.41 Å². The molecule has 1 aromatic carbocycles.